The predicted octanol–water partition coefficient (Wildman–Crippen LogP) is 0.392. The van der Waals surface area contributed by atoms with Gasteiger partial charge in [0.05, 0.1) is 6.10 Å². The molecule has 0 saturated carbocycles. The standard InChI is InChI=1S/C9H15ClN6O2/c1-5(2)18-9-15-6(10)14-8(16-9)13-4-3-12-7(11)17/h5H,3-4H2,1-2H3,(H3,11,12,17)(H,13,14,15,16). The summed E-state index contributed by atoms with van der Waals surface area (Å²) in [7, 11) is 0. The first-order valence-corrected chi connectivity index (χ1v) is 5.70. The maximum Gasteiger partial charge on any atom is 0.322 e. The van der Waals surface area contributed by atoms with Crippen molar-refractivity contribution >= 4 is 23.6 Å². The number of urea groups is 1. The number of nitrogens with one attached hydrogen (secondary N) is 2. The molecule has 0 radical (unpaired) electrons. The topological polar surface area (TPSA) is 115 Å². The lowest BCUT2D eigenvalue weighted by atomic mass is 10.5. The minimum absolute atomic E-state index is 0.0333. The largest absolute Gasteiger partial charge is 0.461 e. The summed E-state index contributed by atoms with van der Waals surface area (Å²) in [6, 6.07) is -0.440. The molecule has 1 rings (SSSR count). The van der Waals surface area contributed by atoms with Gasteiger partial charge in [-0.05, 0) is 25.4 Å². The van der Waals surface area contributed by atoms with Crippen molar-refractivity contribution in [2.24, 2.45) is 5.73 Å². The van der Waals surface area contributed by atoms with Gasteiger partial charge in [-0.15, -0.1) is 0 Å². The number of anilines is 1. The number of nitrogens with zero attached hydrogens (tertiary/aromatic N) is 3. The Morgan fingerprint density at radius 1 is 1.39 bits per heavy atom. The van der Waals surface area contributed by atoms with E-state index in [1.165, 1.54) is 0 Å². The van der Waals surface area contributed by atoms with Crippen molar-refractivity contribution in [1.82, 2.24) is 20.3 Å². The van der Waals surface area contributed by atoms with E-state index in [4.69, 9.17) is 22.1 Å². The van der Waals surface area contributed by atoms with Crippen LogP contribution in [-0.2, 0) is 0 Å². The van der Waals surface area contributed by atoms with E-state index in [0.29, 0.717) is 13.1 Å². The van der Waals surface area contributed by atoms with Gasteiger partial charge in [-0.25, -0.2) is 4.79 Å². The SMILES string of the molecule is CC(C)Oc1nc(Cl)nc(NCCNC(N)=O)n1. The Bertz CT molecular complexity index is 414. The molecule has 4 N–H and O–H groups in total. The molecule has 0 spiro atoms. The van der Waals surface area contributed by atoms with Crippen LogP contribution in [0.4, 0.5) is 10.7 Å². The highest BCUT2D eigenvalue weighted by molar-refractivity contribution is 6.28. The van der Waals surface area contributed by atoms with Crippen molar-refractivity contribution in [2.45, 2.75) is 20.0 Å². The molecule has 0 aliphatic carbocycles. The molecular formula is C9H15ClN6O2. The van der Waals surface area contributed by atoms with Crippen LogP contribution in [0.5, 0.6) is 6.01 Å². The molecule has 9 heteroatoms. The molecule has 1 aromatic rings. The van der Waals surface area contributed by atoms with Crippen LogP contribution in [0, 0.1) is 0 Å². The summed E-state index contributed by atoms with van der Waals surface area (Å²) < 4.78 is 5.30. The highest BCUT2D eigenvalue weighted by Crippen LogP contribution is 2.12. The molecule has 0 aliphatic rings. The quantitative estimate of drug-likeness (QED) is 0.647. The fourth-order valence-corrected chi connectivity index (χ4v) is 1.19. The van der Waals surface area contributed by atoms with Crippen LogP contribution in [-0.4, -0.2) is 40.2 Å². The van der Waals surface area contributed by atoms with Crippen LogP contribution in [0.1, 0.15) is 13.8 Å². The lowest BCUT2D eigenvalue weighted by Gasteiger charge is -2.09. The van der Waals surface area contributed by atoms with Crippen molar-refractivity contribution in [2.75, 3.05) is 18.4 Å². The third-order valence-electron chi connectivity index (χ3n) is 1.64. The van der Waals surface area contributed by atoms with Gasteiger partial charge < -0.3 is 21.1 Å². The van der Waals surface area contributed by atoms with Gasteiger partial charge in [0, 0.05) is 13.1 Å². The smallest absolute Gasteiger partial charge is 0.322 e. The molecule has 0 bridgehead atoms. The van der Waals surface area contributed by atoms with E-state index >= 15 is 0 Å². The van der Waals surface area contributed by atoms with Crippen LogP contribution >= 0.6 is 11.6 Å². The van der Waals surface area contributed by atoms with Crippen LogP contribution in [0.3, 0.4) is 0 Å². The number of aromatic nitrogens is 3. The Kier molecular flexibility index (Phi) is 5.37. The number of hydrogen-bond donors (Lipinski definition) is 3. The highest BCUT2D eigenvalue weighted by Gasteiger charge is 2.07. The molecule has 0 saturated heterocycles. The Labute approximate surface area is 109 Å². The van der Waals surface area contributed by atoms with Gasteiger partial charge >= 0.3 is 12.0 Å². The fourth-order valence-electron chi connectivity index (χ4n) is 1.03. The van der Waals surface area contributed by atoms with Crippen LogP contribution in [0.15, 0.2) is 0 Å². The van der Waals surface area contributed by atoms with Crippen molar-refractivity contribution in [3.8, 4) is 6.01 Å². The van der Waals surface area contributed by atoms with E-state index in [0.717, 1.165) is 0 Å². The lowest BCUT2D eigenvalue weighted by molar-refractivity contribution is 0.222. The number of ether oxygens (including phenoxy) is 1. The lowest BCUT2D eigenvalue weighted by Crippen LogP contribution is -2.33. The normalized spacial score (nSPS) is 10.2. The summed E-state index contributed by atoms with van der Waals surface area (Å²) >= 11 is 5.72. The molecule has 2 amide bonds. The molecule has 0 aliphatic heterocycles. The number of hydrogen-bond acceptors (Lipinski definition) is 6. The van der Waals surface area contributed by atoms with E-state index < -0.39 is 6.03 Å². The van der Waals surface area contributed by atoms with E-state index in [1.807, 2.05) is 13.8 Å². The second-order valence-corrected chi connectivity index (χ2v) is 3.93. The number of rotatable bonds is 6. The number of carbonyl (C=O) groups excluding carboxylic acids is 1. The van der Waals surface area contributed by atoms with Gasteiger partial charge in [0.15, 0.2) is 0 Å². The first kappa shape index (κ1) is 14.2. The van der Waals surface area contributed by atoms with Gasteiger partial charge in [-0.1, -0.05) is 0 Å². The highest BCUT2D eigenvalue weighted by atomic mass is 35.5. The zero-order valence-corrected chi connectivity index (χ0v) is 10.9. The van der Waals surface area contributed by atoms with Crippen LogP contribution < -0.4 is 21.1 Å². The predicted molar refractivity (Wildman–Crippen MR) is 66.7 cm³/mol. The van der Waals surface area contributed by atoms with Gasteiger partial charge in [0.1, 0.15) is 0 Å². The van der Waals surface area contributed by atoms with E-state index in [1.54, 1.807) is 0 Å². The Morgan fingerprint density at radius 2 is 2.11 bits per heavy atom. The van der Waals surface area contributed by atoms with Crippen molar-refractivity contribution < 1.29 is 9.53 Å². The molecule has 0 unspecified atom stereocenters. The molecule has 1 heterocycles. The third kappa shape index (κ3) is 5.48. The van der Waals surface area contributed by atoms with E-state index in [-0.39, 0.29) is 23.3 Å². The van der Waals surface area contributed by atoms with Gasteiger partial charge in [-0.2, -0.15) is 15.0 Å². The number of nitrogens with two attached hydrogens (primary N) is 1. The van der Waals surface area contributed by atoms with Crippen molar-refractivity contribution in [1.29, 1.82) is 0 Å². The number of halogens is 1. The number of primary amides is 1. The van der Waals surface area contributed by atoms with E-state index in [2.05, 4.69) is 25.6 Å². The summed E-state index contributed by atoms with van der Waals surface area (Å²) in [6.07, 6.45) is -0.0622. The molecule has 1 aromatic heterocycles. The Balaban J connectivity index is 2.54. The number of carbonyl (C=O) groups is 1. The van der Waals surface area contributed by atoms with Crippen LogP contribution in [0.2, 0.25) is 5.28 Å². The molecular weight excluding hydrogens is 260 g/mol. The average molecular weight is 275 g/mol. The first-order chi connectivity index (χ1) is 8.47. The summed E-state index contributed by atoms with van der Waals surface area (Å²) in [6.45, 7) is 4.45. The monoisotopic (exact) mass is 274 g/mol. The number of amides is 2. The summed E-state index contributed by atoms with van der Waals surface area (Å²) in [5.74, 6) is 0.275. The Morgan fingerprint density at radius 3 is 2.72 bits per heavy atom. The van der Waals surface area contributed by atoms with Crippen molar-refractivity contribution in [3.05, 3.63) is 5.28 Å². The zero-order chi connectivity index (χ0) is 13.5. The maximum absolute atomic E-state index is 10.4. The maximum atomic E-state index is 10.4. The minimum Gasteiger partial charge on any atom is -0.461 e. The summed E-state index contributed by atoms with van der Waals surface area (Å²) in [4.78, 5) is 22.1. The van der Waals surface area contributed by atoms with Crippen LogP contribution in [0.25, 0.3) is 0 Å². The zero-order valence-electron chi connectivity index (χ0n) is 10.1. The minimum atomic E-state index is -0.589. The van der Waals surface area contributed by atoms with Gasteiger partial charge in [-0.3, -0.25) is 0 Å². The molecule has 0 fully saturated rings. The summed E-state index contributed by atoms with van der Waals surface area (Å²) in [5, 5.41) is 5.31. The second kappa shape index (κ2) is 6.80. The first-order valence-electron chi connectivity index (χ1n) is 5.33. The molecule has 0 atom stereocenters. The van der Waals surface area contributed by atoms with Gasteiger partial charge in [0.25, 0.3) is 0 Å². The van der Waals surface area contributed by atoms with Gasteiger partial charge in [0.2, 0.25) is 11.2 Å². The second-order valence-electron chi connectivity index (χ2n) is 3.60. The fraction of sp³-hybridized carbons (Fsp3) is 0.556. The molecule has 8 nitrogen and oxygen atoms in total. The Hall–Kier alpha value is -1.83. The summed E-state index contributed by atoms with van der Waals surface area (Å²) in [5.41, 5.74) is 4.91. The van der Waals surface area contributed by atoms with Crippen molar-refractivity contribution in [3.63, 3.8) is 0 Å². The molecule has 0 aromatic carbocycles. The third-order valence-corrected chi connectivity index (χ3v) is 1.81. The molecule has 100 valence electrons. The average Bonchev–Trinajstić information content (AvgIpc) is 2.22. The van der Waals surface area contributed by atoms with E-state index in [9.17, 15) is 4.79 Å². The molecule has 18 heavy (non-hydrogen) atoms.